The number of aryl methyl sites for hydroxylation is 1. The zero-order valence-corrected chi connectivity index (χ0v) is 18.5. The molecule has 0 fully saturated rings. The summed E-state index contributed by atoms with van der Waals surface area (Å²) in [5, 5.41) is 8.07. The van der Waals surface area contributed by atoms with Crippen molar-refractivity contribution < 1.29 is 19.1 Å². The highest BCUT2D eigenvalue weighted by Crippen LogP contribution is 2.30. The second-order valence-corrected chi connectivity index (χ2v) is 9.01. The molecular formula is C19H21N3O4S3. The molecule has 3 heterocycles. The topological polar surface area (TPSA) is 90.4 Å². The Morgan fingerprint density at radius 2 is 2.00 bits per heavy atom. The number of thiophene rings is 1. The van der Waals surface area contributed by atoms with E-state index >= 15 is 0 Å². The summed E-state index contributed by atoms with van der Waals surface area (Å²) in [6.45, 7) is 4.80. The predicted octanol–water partition coefficient (Wildman–Crippen LogP) is 4.75. The lowest BCUT2D eigenvalue weighted by Crippen LogP contribution is -2.09. The first-order valence-corrected chi connectivity index (χ1v) is 11.7. The van der Waals surface area contributed by atoms with Crippen LogP contribution in [0.4, 0.5) is 5.13 Å². The van der Waals surface area contributed by atoms with E-state index in [1.54, 1.807) is 35.0 Å². The van der Waals surface area contributed by atoms with Crippen LogP contribution in [0.25, 0.3) is 10.6 Å². The molecule has 0 spiro atoms. The second-order valence-electron chi connectivity index (χ2n) is 6.00. The first-order valence-electron chi connectivity index (χ1n) is 9.08. The molecule has 3 rings (SSSR count). The lowest BCUT2D eigenvalue weighted by Gasteiger charge is -2.04. The van der Waals surface area contributed by atoms with Crippen molar-refractivity contribution in [1.29, 1.82) is 0 Å². The zero-order chi connectivity index (χ0) is 20.6. The van der Waals surface area contributed by atoms with Gasteiger partial charge in [0, 0.05) is 28.6 Å². The summed E-state index contributed by atoms with van der Waals surface area (Å²) in [6, 6.07) is 4.16. The van der Waals surface area contributed by atoms with Crippen molar-refractivity contribution in [3.8, 4) is 10.6 Å². The molecule has 154 valence electrons. The Kier molecular flexibility index (Phi) is 7.73. The van der Waals surface area contributed by atoms with Gasteiger partial charge in [-0.3, -0.25) is 4.79 Å². The summed E-state index contributed by atoms with van der Waals surface area (Å²) in [5.74, 6) is -0.757. The fraction of sp³-hybridized carbons (Fsp3) is 0.368. The zero-order valence-electron chi connectivity index (χ0n) is 16.1. The first-order chi connectivity index (χ1) is 14.0. The molecule has 0 saturated carbocycles. The van der Waals surface area contributed by atoms with Gasteiger partial charge in [-0.25, -0.2) is 14.8 Å². The summed E-state index contributed by atoms with van der Waals surface area (Å²) >= 11 is 4.45. The van der Waals surface area contributed by atoms with Crippen molar-refractivity contribution in [3.63, 3.8) is 0 Å². The monoisotopic (exact) mass is 451 g/mol. The van der Waals surface area contributed by atoms with Crippen LogP contribution in [0.1, 0.15) is 40.1 Å². The molecule has 7 nitrogen and oxygen atoms in total. The first kappa shape index (κ1) is 21.4. The minimum Gasteiger partial charge on any atom is -0.461 e. The largest absolute Gasteiger partial charge is 0.461 e. The lowest BCUT2D eigenvalue weighted by atomic mass is 10.3. The Labute approximate surface area is 180 Å². The number of hydrogen-bond acceptors (Lipinski definition) is 10. The quantitative estimate of drug-likeness (QED) is 0.351. The molecule has 0 saturated heterocycles. The van der Waals surface area contributed by atoms with E-state index in [9.17, 15) is 9.59 Å². The number of esters is 2. The van der Waals surface area contributed by atoms with E-state index < -0.39 is 5.97 Å². The molecule has 0 radical (unpaired) electrons. The highest BCUT2D eigenvalue weighted by atomic mass is 32.1. The van der Waals surface area contributed by atoms with E-state index in [0.717, 1.165) is 15.7 Å². The van der Waals surface area contributed by atoms with Crippen molar-refractivity contribution in [1.82, 2.24) is 9.97 Å². The second kappa shape index (κ2) is 10.5. The van der Waals surface area contributed by atoms with Crippen molar-refractivity contribution in [3.05, 3.63) is 38.5 Å². The van der Waals surface area contributed by atoms with Crippen LogP contribution in [0.2, 0.25) is 0 Å². The molecule has 3 aromatic heterocycles. The van der Waals surface area contributed by atoms with E-state index in [1.807, 2.05) is 5.38 Å². The SMILES string of the molecule is CCOC(=O)c1nc(COC(=O)CCCNc2nc(-c3ccc(C)s3)cs2)cs1. The number of aromatic nitrogens is 2. The minimum atomic E-state index is -0.458. The smallest absolute Gasteiger partial charge is 0.367 e. The van der Waals surface area contributed by atoms with E-state index in [0.29, 0.717) is 31.7 Å². The highest BCUT2D eigenvalue weighted by Gasteiger charge is 2.13. The molecular weight excluding hydrogens is 430 g/mol. The highest BCUT2D eigenvalue weighted by molar-refractivity contribution is 7.17. The number of anilines is 1. The van der Waals surface area contributed by atoms with Crippen LogP contribution in [0.3, 0.4) is 0 Å². The lowest BCUT2D eigenvalue weighted by molar-refractivity contribution is -0.145. The van der Waals surface area contributed by atoms with Crippen LogP contribution < -0.4 is 5.32 Å². The molecule has 0 aliphatic carbocycles. The molecule has 0 aliphatic heterocycles. The molecule has 1 N–H and O–H groups in total. The number of nitrogens with one attached hydrogen (secondary N) is 1. The summed E-state index contributed by atoms with van der Waals surface area (Å²) in [6.07, 6.45) is 0.932. The third-order valence-electron chi connectivity index (χ3n) is 3.71. The van der Waals surface area contributed by atoms with Gasteiger partial charge >= 0.3 is 11.9 Å². The van der Waals surface area contributed by atoms with E-state index in [1.165, 1.54) is 16.2 Å². The Morgan fingerprint density at radius 3 is 2.76 bits per heavy atom. The van der Waals surface area contributed by atoms with Gasteiger partial charge in [0.25, 0.3) is 0 Å². The number of nitrogens with zero attached hydrogens (tertiary/aromatic N) is 2. The van der Waals surface area contributed by atoms with Gasteiger partial charge < -0.3 is 14.8 Å². The number of rotatable bonds is 10. The summed E-state index contributed by atoms with van der Waals surface area (Å²) in [7, 11) is 0. The van der Waals surface area contributed by atoms with Crippen molar-refractivity contribution >= 4 is 51.1 Å². The maximum Gasteiger partial charge on any atom is 0.367 e. The summed E-state index contributed by atoms with van der Waals surface area (Å²) in [4.78, 5) is 34.6. The van der Waals surface area contributed by atoms with Crippen LogP contribution in [0, 0.1) is 6.92 Å². The van der Waals surface area contributed by atoms with Crippen LogP contribution in [0.5, 0.6) is 0 Å². The van der Waals surface area contributed by atoms with Crippen LogP contribution >= 0.6 is 34.0 Å². The van der Waals surface area contributed by atoms with E-state index in [4.69, 9.17) is 9.47 Å². The van der Waals surface area contributed by atoms with E-state index in [2.05, 4.69) is 34.3 Å². The molecule has 3 aromatic rings. The third kappa shape index (κ3) is 6.34. The van der Waals surface area contributed by atoms with Crippen LogP contribution in [0.15, 0.2) is 22.9 Å². The molecule has 0 atom stereocenters. The molecule has 10 heteroatoms. The van der Waals surface area contributed by atoms with Crippen molar-refractivity contribution in [2.75, 3.05) is 18.5 Å². The van der Waals surface area contributed by atoms with Gasteiger partial charge in [0.05, 0.1) is 22.9 Å². The maximum absolute atomic E-state index is 11.9. The van der Waals surface area contributed by atoms with Crippen LogP contribution in [-0.4, -0.2) is 35.1 Å². The predicted molar refractivity (Wildman–Crippen MR) is 116 cm³/mol. The molecule has 0 bridgehead atoms. The standard InChI is InChI=1S/C19H21N3O4S3/c1-3-25-18(24)17-21-13(10-27-17)9-26-16(23)5-4-8-20-19-22-14(11-28-19)15-7-6-12(2)29-15/h6-7,10-11H,3-5,8-9H2,1-2H3,(H,20,22). The Balaban J connectivity index is 1.34. The Hall–Kier alpha value is -2.30. The average Bonchev–Trinajstić information content (AvgIpc) is 3.44. The van der Waals surface area contributed by atoms with Gasteiger partial charge in [-0.05, 0) is 32.4 Å². The van der Waals surface area contributed by atoms with Crippen molar-refractivity contribution in [2.24, 2.45) is 0 Å². The van der Waals surface area contributed by atoms with Gasteiger partial charge in [-0.1, -0.05) is 0 Å². The Bertz CT molecular complexity index is 963. The van der Waals surface area contributed by atoms with E-state index in [-0.39, 0.29) is 17.6 Å². The Morgan fingerprint density at radius 1 is 1.14 bits per heavy atom. The average molecular weight is 452 g/mol. The van der Waals surface area contributed by atoms with Gasteiger partial charge in [-0.2, -0.15) is 0 Å². The van der Waals surface area contributed by atoms with Gasteiger partial charge in [0.2, 0.25) is 5.01 Å². The molecule has 0 amide bonds. The number of carbonyl (C=O) groups excluding carboxylic acids is 2. The summed E-state index contributed by atoms with van der Waals surface area (Å²) < 4.78 is 10.1. The number of ether oxygens (including phenoxy) is 2. The summed E-state index contributed by atoms with van der Waals surface area (Å²) in [5.41, 5.74) is 1.52. The molecule has 0 aliphatic rings. The van der Waals surface area contributed by atoms with Gasteiger partial charge in [0.15, 0.2) is 5.13 Å². The third-order valence-corrected chi connectivity index (χ3v) is 6.41. The number of carbonyl (C=O) groups is 2. The normalized spacial score (nSPS) is 10.7. The number of hydrogen-bond donors (Lipinski definition) is 1. The minimum absolute atomic E-state index is 0.0538. The molecule has 0 unspecified atom stereocenters. The maximum atomic E-state index is 11.9. The fourth-order valence-electron chi connectivity index (χ4n) is 2.35. The van der Waals surface area contributed by atoms with Crippen molar-refractivity contribution in [2.45, 2.75) is 33.3 Å². The number of thiazole rings is 2. The molecule has 0 aromatic carbocycles. The van der Waals surface area contributed by atoms with Crippen LogP contribution in [-0.2, 0) is 20.9 Å². The van der Waals surface area contributed by atoms with Gasteiger partial charge in [0.1, 0.15) is 6.61 Å². The fourth-order valence-corrected chi connectivity index (χ4v) is 4.69. The van der Waals surface area contributed by atoms with Gasteiger partial charge in [-0.15, -0.1) is 34.0 Å². The molecule has 29 heavy (non-hydrogen) atoms.